The van der Waals surface area contributed by atoms with E-state index in [1.54, 1.807) is 0 Å². The summed E-state index contributed by atoms with van der Waals surface area (Å²) in [6, 6.07) is 4.37. The van der Waals surface area contributed by atoms with Crippen molar-refractivity contribution in [2.75, 3.05) is 13.7 Å². The Morgan fingerprint density at radius 1 is 1.30 bits per heavy atom. The number of hydrogen-bond acceptors (Lipinski definition) is 4. The summed E-state index contributed by atoms with van der Waals surface area (Å²) in [4.78, 5) is 3.62. The molecule has 1 saturated carbocycles. The molecule has 1 spiro atoms. The molecule has 146 valence electrons. The highest BCUT2D eigenvalue weighted by molar-refractivity contribution is 7.10. The molecule has 3 heterocycles. The molecule has 2 fully saturated rings. The van der Waals surface area contributed by atoms with Crippen molar-refractivity contribution in [3.63, 3.8) is 0 Å². The molecule has 0 bridgehead atoms. The number of aromatic nitrogens is 1. The fraction of sp³-hybridized carbons (Fsp3) is 0.609. The SMILES string of the molecule is [2H]C([2H])(CC([2H])([2H])C([2H])([2H])[C@@]1(c2ccccn2)C([2H])([2H])C([2H])([2H])OC2(C([2H])([2H])C([2H])([2H])C([2H])([2H])C2([2H])[2H])C1([2H])[2H])c1sccc1OC. The van der Waals surface area contributed by atoms with Crippen LogP contribution in [0.1, 0.15) is 95.4 Å². The Kier molecular flexibility index (Phi) is 2.02. The maximum Gasteiger partial charge on any atom is 0.132 e. The zero-order chi connectivity index (χ0) is 36.5. The van der Waals surface area contributed by atoms with Crippen molar-refractivity contribution >= 4 is 11.3 Å². The van der Waals surface area contributed by atoms with Crippen LogP contribution in [0.25, 0.3) is 0 Å². The van der Waals surface area contributed by atoms with Crippen molar-refractivity contribution in [1.29, 1.82) is 0 Å². The molecule has 0 amide bonds. The van der Waals surface area contributed by atoms with Crippen molar-refractivity contribution in [1.82, 2.24) is 4.98 Å². The average Bonchev–Trinajstić information content (AvgIpc) is 3.42. The topological polar surface area (TPSA) is 31.4 Å². The maximum absolute atomic E-state index is 9.44. The van der Waals surface area contributed by atoms with Crippen LogP contribution < -0.4 is 4.74 Å². The number of aryl methyl sites for hydroxylation is 1. The fourth-order valence-electron chi connectivity index (χ4n) is 2.61. The number of pyridine rings is 1. The minimum absolute atomic E-state index is 0.0559. The second-order valence-electron chi connectivity index (χ2n) is 5.57. The highest BCUT2D eigenvalue weighted by Crippen LogP contribution is 2.50. The monoisotopic (exact) mass is 405 g/mol. The number of methoxy groups -OCH3 is 1. The number of thiophene rings is 1. The summed E-state index contributed by atoms with van der Waals surface area (Å²) in [5.74, 6) is -0.0559. The summed E-state index contributed by atoms with van der Waals surface area (Å²) in [5.41, 5.74) is -9.69. The highest BCUT2D eigenvalue weighted by Gasteiger charge is 2.48. The molecule has 1 aliphatic heterocycles. The van der Waals surface area contributed by atoms with Gasteiger partial charge in [-0.25, -0.2) is 0 Å². The van der Waals surface area contributed by atoms with Gasteiger partial charge in [0.1, 0.15) is 5.75 Å². The van der Waals surface area contributed by atoms with Gasteiger partial charge in [0.25, 0.3) is 0 Å². The van der Waals surface area contributed by atoms with Gasteiger partial charge in [0.15, 0.2) is 0 Å². The van der Waals surface area contributed by atoms with Gasteiger partial charge in [-0.15, -0.1) is 11.3 Å². The van der Waals surface area contributed by atoms with Crippen LogP contribution in [0.5, 0.6) is 5.75 Å². The summed E-state index contributed by atoms with van der Waals surface area (Å²) < 4.78 is 187. The van der Waals surface area contributed by atoms with Gasteiger partial charge in [0, 0.05) is 53.4 Å². The van der Waals surface area contributed by atoms with Gasteiger partial charge >= 0.3 is 0 Å². The molecular formula is C23H31NO2S. The van der Waals surface area contributed by atoms with Gasteiger partial charge in [-0.1, -0.05) is 25.2 Å². The Labute approximate surface area is 195 Å². The van der Waals surface area contributed by atoms with Crippen LogP contribution in [0, 0.1) is 0 Å². The van der Waals surface area contributed by atoms with Crippen molar-refractivity contribution < 1.29 is 36.9 Å². The minimum atomic E-state index is -4.47. The average molecular weight is 406 g/mol. The molecule has 27 heavy (non-hydrogen) atoms. The molecule has 2 aromatic heterocycles. The summed E-state index contributed by atoms with van der Waals surface area (Å²) in [6.45, 7) is -4.22. The third kappa shape index (κ3) is 4.07. The van der Waals surface area contributed by atoms with Gasteiger partial charge in [-0.05, 0) is 68.2 Å². The number of hydrogen-bond donors (Lipinski definition) is 0. The molecule has 0 unspecified atom stereocenters. The van der Waals surface area contributed by atoms with E-state index in [0.29, 0.717) is 0 Å². The van der Waals surface area contributed by atoms with Crippen LogP contribution >= 0.6 is 11.3 Å². The van der Waals surface area contributed by atoms with Crippen LogP contribution in [-0.4, -0.2) is 24.3 Å². The Bertz CT molecular complexity index is 1500. The summed E-state index contributed by atoms with van der Waals surface area (Å²) >= 11 is 0.765. The van der Waals surface area contributed by atoms with Crippen LogP contribution in [0.2, 0.25) is 0 Å². The van der Waals surface area contributed by atoms with Gasteiger partial charge in [0.2, 0.25) is 0 Å². The number of rotatable bonds is 7. The van der Waals surface area contributed by atoms with E-state index >= 15 is 0 Å². The lowest BCUT2D eigenvalue weighted by Gasteiger charge is -2.46. The first-order chi connectivity index (χ1) is 20.8. The molecule has 2 aromatic rings. The first-order valence-electron chi connectivity index (χ1n) is 18.1. The highest BCUT2D eigenvalue weighted by atomic mass is 32.1. The van der Waals surface area contributed by atoms with Gasteiger partial charge < -0.3 is 9.47 Å². The van der Waals surface area contributed by atoms with E-state index in [4.69, 9.17) is 31.4 Å². The van der Waals surface area contributed by atoms with Crippen molar-refractivity contribution in [2.24, 2.45) is 0 Å². The molecule has 4 rings (SSSR count). The summed E-state index contributed by atoms with van der Waals surface area (Å²) in [7, 11) is 1.19. The Balaban J connectivity index is 2.21. The zero-order valence-electron chi connectivity index (χ0n) is 34.3. The predicted molar refractivity (Wildman–Crippen MR) is 111 cm³/mol. The Morgan fingerprint density at radius 3 is 2.96 bits per heavy atom. The molecule has 4 heteroatoms. The normalized spacial score (nSPS) is 50.0. The lowest BCUT2D eigenvalue weighted by atomic mass is 9.67. The predicted octanol–water partition coefficient (Wildman–Crippen LogP) is 5.93. The largest absolute Gasteiger partial charge is 0.496 e. The quantitative estimate of drug-likeness (QED) is 0.572. The van der Waals surface area contributed by atoms with E-state index < -0.39 is 87.0 Å². The van der Waals surface area contributed by atoms with Crippen LogP contribution in [0.4, 0.5) is 0 Å². The molecule has 3 nitrogen and oxygen atoms in total. The van der Waals surface area contributed by atoms with Crippen LogP contribution in [0.3, 0.4) is 0 Å². The minimum Gasteiger partial charge on any atom is -0.496 e. The van der Waals surface area contributed by atoms with Crippen LogP contribution in [-0.2, 0) is 16.5 Å². The standard InChI is InChI=1S/C23H31NO2S/c1-25-19-10-17-27-20(19)8-2-4-11-22(21-9-3-7-15-24-21)14-16-26-23(18-22)12-5-6-13-23/h3,7,9-10,15,17H,2,4-6,8,11-14,16,18H2,1H3/t22-/m1/s1/i4D2,5D2,6D2,8D2,11D2,12D2,13D2,14D2,16D2,18D2. The Morgan fingerprint density at radius 2 is 2.19 bits per heavy atom. The van der Waals surface area contributed by atoms with Gasteiger partial charge in [0.05, 0.1) is 15.5 Å². The molecule has 0 radical (unpaired) electrons. The fourth-order valence-corrected chi connectivity index (χ4v) is 3.36. The number of ether oxygens (including phenoxy) is 2. The van der Waals surface area contributed by atoms with E-state index in [1.165, 1.54) is 24.6 Å². The van der Waals surface area contributed by atoms with E-state index in [0.717, 1.165) is 29.7 Å². The second-order valence-corrected chi connectivity index (χ2v) is 6.49. The van der Waals surface area contributed by atoms with Gasteiger partial charge in [-0.2, -0.15) is 0 Å². The number of nitrogens with zero attached hydrogens (tertiary/aromatic N) is 1. The molecule has 2 aliphatic rings. The van der Waals surface area contributed by atoms with Crippen molar-refractivity contribution in [3.8, 4) is 5.75 Å². The third-order valence-corrected chi connectivity index (χ3v) is 4.71. The lowest BCUT2D eigenvalue weighted by molar-refractivity contribution is -0.104. The maximum atomic E-state index is 9.44. The zero-order valence-corrected chi connectivity index (χ0v) is 15.2. The summed E-state index contributed by atoms with van der Waals surface area (Å²) in [6.07, 6.45) is -36.8. The van der Waals surface area contributed by atoms with E-state index in [-0.39, 0.29) is 10.6 Å². The molecule has 0 aromatic carbocycles. The van der Waals surface area contributed by atoms with Crippen LogP contribution in [0.15, 0.2) is 35.8 Å². The molecule has 1 aliphatic carbocycles. The van der Waals surface area contributed by atoms with Crippen molar-refractivity contribution in [2.45, 2.75) is 74.8 Å². The molecule has 1 atom stereocenters. The first kappa shape index (κ1) is 6.56. The Hall–Kier alpha value is -1.39. The first-order valence-corrected chi connectivity index (χ1v) is 8.94. The second kappa shape index (κ2) is 8.32. The molecule has 0 N–H and O–H groups in total. The lowest BCUT2D eigenvalue weighted by Crippen LogP contribution is -2.46. The van der Waals surface area contributed by atoms with E-state index in [9.17, 15) is 5.48 Å². The van der Waals surface area contributed by atoms with Gasteiger partial charge in [-0.3, -0.25) is 4.98 Å². The van der Waals surface area contributed by atoms with E-state index in [1.807, 2.05) is 0 Å². The molecule has 1 saturated heterocycles. The third-order valence-electron chi connectivity index (χ3n) is 3.86. The van der Waals surface area contributed by atoms with E-state index in [2.05, 4.69) is 4.98 Å². The smallest absolute Gasteiger partial charge is 0.132 e. The summed E-state index contributed by atoms with van der Waals surface area (Å²) in [5, 5.41) is 1.39. The van der Waals surface area contributed by atoms with Crippen molar-refractivity contribution in [3.05, 3.63) is 46.4 Å². The molecular weight excluding hydrogens is 354 g/mol.